The molecule has 3 aromatic rings. The normalized spacial score (nSPS) is 15.8. The first-order valence-electron chi connectivity index (χ1n) is 8.99. The summed E-state index contributed by atoms with van der Waals surface area (Å²) in [5.74, 6) is -1.18. The van der Waals surface area contributed by atoms with Crippen molar-refractivity contribution in [3.8, 4) is 29.1 Å². The van der Waals surface area contributed by atoms with E-state index in [4.69, 9.17) is 0 Å². The van der Waals surface area contributed by atoms with Gasteiger partial charge in [0.15, 0.2) is 5.78 Å². The van der Waals surface area contributed by atoms with Crippen molar-refractivity contribution in [1.29, 1.82) is 10.5 Å². The van der Waals surface area contributed by atoms with Crippen LogP contribution in [0.3, 0.4) is 0 Å². The lowest BCUT2D eigenvalue weighted by molar-refractivity contribution is 0.104. The molecule has 2 aromatic carbocycles. The van der Waals surface area contributed by atoms with Gasteiger partial charge in [-0.15, -0.1) is 0 Å². The highest BCUT2D eigenvalue weighted by Gasteiger charge is 2.40. The third-order valence-electron chi connectivity index (χ3n) is 5.33. The van der Waals surface area contributed by atoms with Gasteiger partial charge >= 0.3 is 0 Å². The fourth-order valence-corrected chi connectivity index (χ4v) is 4.18. The Labute approximate surface area is 170 Å². The number of nitrogens with zero attached hydrogens (tertiary/aromatic N) is 3. The maximum Gasteiger partial charge on any atom is 0.195 e. The number of fused-ring (bicyclic) bond motifs is 4. The van der Waals surface area contributed by atoms with Crippen molar-refractivity contribution >= 4 is 16.9 Å². The molecule has 0 amide bonds. The molecule has 0 fully saturated rings. The molecule has 2 aliphatic carbocycles. The Bertz CT molecular complexity index is 1440. The summed E-state index contributed by atoms with van der Waals surface area (Å²) >= 11 is 0. The fraction of sp³-hybridized carbons (Fsp3) is 0. The van der Waals surface area contributed by atoms with Crippen LogP contribution in [0.4, 0.5) is 4.39 Å². The first-order valence-corrected chi connectivity index (χ1v) is 8.99. The van der Waals surface area contributed by atoms with Crippen LogP contribution in [0.15, 0.2) is 65.9 Å². The zero-order valence-corrected chi connectivity index (χ0v) is 15.3. The lowest BCUT2D eigenvalue weighted by Crippen LogP contribution is -2.01. The predicted octanol–water partition coefficient (Wildman–Crippen LogP) is 4.41. The SMILES string of the molecule is N#CC(C#N)=C1/C(=C2/c3cccnc3-c3c(O)cccc32)C(=O)c2cccc(F)c21. The number of benzene rings is 2. The van der Waals surface area contributed by atoms with Crippen molar-refractivity contribution in [3.05, 3.63) is 93.9 Å². The van der Waals surface area contributed by atoms with Crippen molar-refractivity contribution in [2.24, 2.45) is 0 Å². The molecule has 1 heterocycles. The quantitative estimate of drug-likeness (QED) is 0.354. The zero-order valence-electron chi connectivity index (χ0n) is 15.3. The van der Waals surface area contributed by atoms with Crippen molar-refractivity contribution in [1.82, 2.24) is 4.98 Å². The second kappa shape index (κ2) is 6.23. The number of rotatable bonds is 0. The van der Waals surface area contributed by atoms with E-state index in [-0.39, 0.29) is 33.6 Å². The maximum atomic E-state index is 14.8. The summed E-state index contributed by atoms with van der Waals surface area (Å²) in [5.41, 5.74) is 2.17. The molecule has 0 saturated carbocycles. The van der Waals surface area contributed by atoms with Gasteiger partial charge in [-0.3, -0.25) is 9.78 Å². The van der Waals surface area contributed by atoms with E-state index < -0.39 is 11.6 Å². The number of hydrogen-bond acceptors (Lipinski definition) is 5. The average molecular weight is 391 g/mol. The molecular formula is C24H10FN3O2. The standard InChI is InChI=1S/C24H10FN3O2/c25-16-7-1-5-15-20(16)18(12(10-26)11-27)22(24(15)30)19-13-4-2-8-17(29)21(13)23-14(19)6-3-9-28-23/h1-9,29H/b22-19-. The smallest absolute Gasteiger partial charge is 0.195 e. The number of Topliss-reactive ketones (excluding diaryl/α,β-unsaturated/α-hetero) is 1. The second-order valence-electron chi connectivity index (χ2n) is 6.81. The number of aromatic nitrogens is 1. The molecule has 0 spiro atoms. The largest absolute Gasteiger partial charge is 0.507 e. The number of nitriles is 2. The van der Waals surface area contributed by atoms with Gasteiger partial charge in [-0.2, -0.15) is 10.5 Å². The van der Waals surface area contributed by atoms with Gasteiger partial charge < -0.3 is 5.11 Å². The summed E-state index contributed by atoms with van der Waals surface area (Å²) < 4.78 is 14.8. The minimum atomic E-state index is -0.685. The molecule has 30 heavy (non-hydrogen) atoms. The van der Waals surface area contributed by atoms with E-state index in [0.29, 0.717) is 28.0 Å². The van der Waals surface area contributed by atoms with Crippen LogP contribution in [-0.2, 0) is 0 Å². The van der Waals surface area contributed by atoms with Crippen LogP contribution in [0.2, 0.25) is 0 Å². The van der Waals surface area contributed by atoms with Crippen LogP contribution in [-0.4, -0.2) is 15.9 Å². The molecule has 140 valence electrons. The molecular weight excluding hydrogens is 381 g/mol. The third-order valence-corrected chi connectivity index (χ3v) is 5.33. The van der Waals surface area contributed by atoms with E-state index >= 15 is 0 Å². The number of aromatic hydroxyl groups is 1. The van der Waals surface area contributed by atoms with E-state index in [1.807, 2.05) is 0 Å². The first kappa shape index (κ1) is 17.5. The number of halogens is 1. The number of hydrogen-bond donors (Lipinski definition) is 1. The molecule has 2 aliphatic rings. The van der Waals surface area contributed by atoms with Crippen LogP contribution in [0.1, 0.15) is 27.0 Å². The predicted molar refractivity (Wildman–Crippen MR) is 106 cm³/mol. The van der Waals surface area contributed by atoms with E-state index in [9.17, 15) is 24.8 Å². The minimum absolute atomic E-state index is 0.0106. The molecule has 5 rings (SSSR count). The lowest BCUT2D eigenvalue weighted by atomic mass is 9.91. The third kappa shape index (κ3) is 2.13. The van der Waals surface area contributed by atoms with Crippen LogP contribution in [0, 0.1) is 28.5 Å². The molecule has 0 unspecified atom stereocenters. The van der Waals surface area contributed by atoms with Gasteiger partial charge in [0.05, 0.1) is 11.3 Å². The molecule has 0 atom stereocenters. The highest BCUT2D eigenvalue weighted by molar-refractivity contribution is 6.33. The number of allylic oxidation sites excluding steroid dienone is 3. The molecule has 0 aliphatic heterocycles. The van der Waals surface area contributed by atoms with Crippen molar-refractivity contribution in [2.45, 2.75) is 0 Å². The summed E-state index contributed by atoms with van der Waals surface area (Å²) in [6, 6.07) is 16.0. The first-order chi connectivity index (χ1) is 14.6. The maximum absolute atomic E-state index is 14.8. The Morgan fingerprint density at radius 3 is 2.37 bits per heavy atom. The van der Waals surface area contributed by atoms with Gasteiger partial charge in [-0.25, -0.2) is 4.39 Å². The van der Waals surface area contributed by atoms with Crippen LogP contribution >= 0.6 is 0 Å². The van der Waals surface area contributed by atoms with Crippen molar-refractivity contribution in [2.75, 3.05) is 0 Å². The van der Waals surface area contributed by atoms with Crippen molar-refractivity contribution in [3.63, 3.8) is 0 Å². The van der Waals surface area contributed by atoms with Gasteiger partial charge in [-0.1, -0.05) is 30.3 Å². The molecule has 1 N–H and O–H groups in total. The highest BCUT2D eigenvalue weighted by Crippen LogP contribution is 2.53. The average Bonchev–Trinajstić information content (AvgIpc) is 3.23. The zero-order chi connectivity index (χ0) is 21.0. The van der Waals surface area contributed by atoms with E-state index in [0.717, 1.165) is 0 Å². The monoisotopic (exact) mass is 391 g/mol. The molecule has 0 saturated heterocycles. The van der Waals surface area contributed by atoms with Crippen LogP contribution < -0.4 is 0 Å². The summed E-state index contributed by atoms with van der Waals surface area (Å²) in [5, 5.41) is 29.6. The summed E-state index contributed by atoms with van der Waals surface area (Å²) in [6.07, 6.45) is 1.57. The van der Waals surface area contributed by atoms with E-state index in [1.54, 1.807) is 42.6 Å². The Morgan fingerprint density at radius 1 is 0.900 bits per heavy atom. The number of pyridine rings is 1. The number of phenols is 1. The van der Waals surface area contributed by atoms with Gasteiger partial charge in [0.2, 0.25) is 0 Å². The number of phenolic OH excluding ortho intramolecular Hbond substituents is 1. The molecule has 1 aromatic heterocycles. The van der Waals surface area contributed by atoms with E-state index in [2.05, 4.69) is 4.98 Å². The van der Waals surface area contributed by atoms with Gasteiger partial charge in [0.1, 0.15) is 29.3 Å². The summed E-state index contributed by atoms with van der Waals surface area (Å²) in [7, 11) is 0. The van der Waals surface area contributed by atoms with Crippen LogP contribution in [0.25, 0.3) is 22.4 Å². The molecule has 0 radical (unpaired) electrons. The van der Waals surface area contributed by atoms with Gasteiger partial charge in [-0.05, 0) is 23.8 Å². The summed E-state index contributed by atoms with van der Waals surface area (Å²) in [4.78, 5) is 17.8. The topological polar surface area (TPSA) is 97.8 Å². The lowest BCUT2D eigenvalue weighted by Gasteiger charge is -2.10. The summed E-state index contributed by atoms with van der Waals surface area (Å²) in [6.45, 7) is 0. The second-order valence-corrected chi connectivity index (χ2v) is 6.81. The minimum Gasteiger partial charge on any atom is -0.507 e. The Morgan fingerprint density at radius 2 is 1.60 bits per heavy atom. The fourth-order valence-electron chi connectivity index (χ4n) is 4.18. The van der Waals surface area contributed by atoms with Gasteiger partial charge in [0.25, 0.3) is 0 Å². The Hall–Kier alpha value is -4.55. The highest BCUT2D eigenvalue weighted by atomic mass is 19.1. The Balaban J connectivity index is 2.01. The van der Waals surface area contributed by atoms with Gasteiger partial charge in [0, 0.05) is 39.6 Å². The molecule has 5 nitrogen and oxygen atoms in total. The van der Waals surface area contributed by atoms with Crippen LogP contribution in [0.5, 0.6) is 5.75 Å². The van der Waals surface area contributed by atoms with E-state index in [1.165, 1.54) is 24.3 Å². The van der Waals surface area contributed by atoms with Crippen molar-refractivity contribution < 1.29 is 14.3 Å². The molecule has 0 bridgehead atoms. The number of carbonyl (C=O) groups excluding carboxylic acids is 1. The Kier molecular flexibility index (Phi) is 3.64. The molecule has 6 heteroatoms. The number of carbonyl (C=O) groups is 1. The number of ketones is 1.